The number of fused-ring (bicyclic) bond motifs is 1. The molecule has 4 aromatic rings. The minimum atomic E-state index is -0.278. The highest BCUT2D eigenvalue weighted by molar-refractivity contribution is 6.30. The highest BCUT2D eigenvalue weighted by Crippen LogP contribution is 2.27. The maximum atomic E-state index is 13.0. The first-order valence-electron chi connectivity index (χ1n) is 11.1. The quantitative estimate of drug-likeness (QED) is 0.367. The molecule has 7 heteroatoms. The van der Waals surface area contributed by atoms with Gasteiger partial charge >= 0.3 is 0 Å². The topological polar surface area (TPSA) is 64.0 Å². The Balaban J connectivity index is 1.55. The lowest BCUT2D eigenvalue weighted by molar-refractivity contribution is -0.122. The zero-order valence-corrected chi connectivity index (χ0v) is 20.5. The number of carbonyl (C=O) groups excluding carboxylic acids is 1. The fraction of sp³-hybridized carbons (Fsp3) is 0.222. The second-order valence-corrected chi connectivity index (χ2v) is 9.31. The molecule has 4 rings (SSSR count). The van der Waals surface area contributed by atoms with Gasteiger partial charge in [-0.05, 0) is 61.7 Å². The summed E-state index contributed by atoms with van der Waals surface area (Å²) in [5.41, 5.74) is 2.59. The van der Waals surface area contributed by atoms with E-state index >= 15 is 0 Å². The molecule has 0 saturated heterocycles. The van der Waals surface area contributed by atoms with Gasteiger partial charge in [0.25, 0.3) is 5.56 Å². The molecule has 1 amide bonds. The zero-order chi connectivity index (χ0) is 24.2. The molecule has 0 fully saturated rings. The van der Waals surface area contributed by atoms with Crippen LogP contribution in [-0.2, 0) is 17.8 Å². The van der Waals surface area contributed by atoms with E-state index in [2.05, 4.69) is 10.4 Å². The monoisotopic (exact) mass is 493 g/mol. The SMILES string of the molecule is Cc1nn(CC(=O)N[C@H](C)[C@H](Cc2ccc(Cl)cc2)c2ccc(Cl)cc2)c(=O)c2ccccc12. The molecule has 5 nitrogen and oxygen atoms in total. The van der Waals surface area contributed by atoms with Gasteiger partial charge in [-0.25, -0.2) is 4.68 Å². The summed E-state index contributed by atoms with van der Waals surface area (Å²) in [6, 6.07) is 22.4. The first-order valence-corrected chi connectivity index (χ1v) is 11.8. The third-order valence-corrected chi connectivity index (χ3v) is 6.51. The smallest absolute Gasteiger partial charge is 0.275 e. The van der Waals surface area contributed by atoms with Crippen molar-refractivity contribution in [2.75, 3.05) is 0 Å². The molecule has 0 aliphatic carbocycles. The number of halogens is 2. The number of amides is 1. The van der Waals surface area contributed by atoms with E-state index in [0.717, 1.165) is 16.5 Å². The molecular weight excluding hydrogens is 469 g/mol. The van der Waals surface area contributed by atoms with Crippen molar-refractivity contribution in [3.8, 4) is 0 Å². The van der Waals surface area contributed by atoms with E-state index in [1.54, 1.807) is 6.07 Å². The third-order valence-electron chi connectivity index (χ3n) is 6.01. The van der Waals surface area contributed by atoms with Crippen LogP contribution in [0, 0.1) is 6.92 Å². The Morgan fingerprint density at radius 1 is 0.941 bits per heavy atom. The fourth-order valence-electron chi connectivity index (χ4n) is 4.22. The highest BCUT2D eigenvalue weighted by atomic mass is 35.5. The molecule has 0 spiro atoms. The first kappa shape index (κ1) is 24.0. The largest absolute Gasteiger partial charge is 0.351 e. The number of nitrogens with zero attached hydrogens (tertiary/aromatic N) is 2. The molecular formula is C27H25Cl2N3O2. The lowest BCUT2D eigenvalue weighted by atomic mass is 9.86. The van der Waals surface area contributed by atoms with Crippen LogP contribution in [0.3, 0.4) is 0 Å². The van der Waals surface area contributed by atoms with Crippen molar-refractivity contribution in [3.63, 3.8) is 0 Å². The molecule has 0 unspecified atom stereocenters. The van der Waals surface area contributed by atoms with Crippen molar-refractivity contribution < 1.29 is 4.79 Å². The Kier molecular flexibility index (Phi) is 7.35. The normalized spacial score (nSPS) is 12.9. The Morgan fingerprint density at radius 3 is 2.18 bits per heavy atom. The van der Waals surface area contributed by atoms with Gasteiger partial charge in [-0.3, -0.25) is 9.59 Å². The van der Waals surface area contributed by atoms with Crippen molar-refractivity contribution in [1.82, 2.24) is 15.1 Å². The van der Waals surface area contributed by atoms with Crippen LogP contribution in [0.2, 0.25) is 10.0 Å². The minimum absolute atomic E-state index is 0.00888. The lowest BCUT2D eigenvalue weighted by Crippen LogP contribution is -2.41. The van der Waals surface area contributed by atoms with Gasteiger partial charge in [0.15, 0.2) is 0 Å². The number of rotatable bonds is 7. The number of carbonyl (C=O) groups is 1. The van der Waals surface area contributed by atoms with Crippen LogP contribution in [0.15, 0.2) is 77.6 Å². The van der Waals surface area contributed by atoms with Crippen molar-refractivity contribution in [2.24, 2.45) is 0 Å². The second kappa shape index (κ2) is 10.4. The summed E-state index contributed by atoms with van der Waals surface area (Å²) in [7, 11) is 0. The van der Waals surface area contributed by atoms with Crippen molar-refractivity contribution >= 4 is 39.9 Å². The number of nitrogens with one attached hydrogen (secondary N) is 1. The Labute approximate surface area is 208 Å². The zero-order valence-electron chi connectivity index (χ0n) is 19.0. The summed E-state index contributed by atoms with van der Waals surface area (Å²) in [5, 5.41) is 10.1. The average molecular weight is 494 g/mol. The molecule has 3 aromatic carbocycles. The van der Waals surface area contributed by atoms with E-state index in [1.165, 1.54) is 4.68 Å². The standard InChI is InChI=1S/C27H25Cl2N3O2/c1-17(25(20-9-13-22(29)14-10-20)15-19-7-11-21(28)12-8-19)30-26(33)16-32-27(34)24-6-4-3-5-23(24)18(2)31-32/h3-14,17,25H,15-16H2,1-2H3,(H,30,33)/t17-,25+/m1/s1. The van der Waals surface area contributed by atoms with Crippen LogP contribution >= 0.6 is 23.2 Å². The predicted octanol–water partition coefficient (Wildman–Crippen LogP) is 5.54. The summed E-state index contributed by atoms with van der Waals surface area (Å²) < 4.78 is 1.23. The number of aryl methyl sites for hydroxylation is 1. The molecule has 0 aliphatic heterocycles. The molecule has 1 heterocycles. The van der Waals surface area contributed by atoms with Gasteiger partial charge in [0.2, 0.25) is 5.91 Å². The van der Waals surface area contributed by atoms with Crippen LogP contribution in [0.25, 0.3) is 10.8 Å². The lowest BCUT2D eigenvalue weighted by Gasteiger charge is -2.26. The minimum Gasteiger partial charge on any atom is -0.351 e. The number of hydrogen-bond donors (Lipinski definition) is 1. The van der Waals surface area contributed by atoms with E-state index in [1.807, 2.05) is 80.6 Å². The Morgan fingerprint density at radius 2 is 1.53 bits per heavy atom. The van der Waals surface area contributed by atoms with E-state index in [9.17, 15) is 9.59 Å². The summed E-state index contributed by atoms with van der Waals surface area (Å²) in [6.45, 7) is 3.65. The molecule has 0 saturated carbocycles. The van der Waals surface area contributed by atoms with E-state index < -0.39 is 0 Å². The van der Waals surface area contributed by atoms with Gasteiger partial charge in [-0.1, -0.05) is 65.7 Å². The number of benzene rings is 3. The van der Waals surface area contributed by atoms with Gasteiger partial charge in [-0.15, -0.1) is 0 Å². The van der Waals surface area contributed by atoms with Crippen LogP contribution in [0.1, 0.15) is 29.7 Å². The summed E-state index contributed by atoms with van der Waals surface area (Å²) >= 11 is 12.1. The molecule has 0 aliphatic rings. The molecule has 174 valence electrons. The number of hydrogen-bond acceptors (Lipinski definition) is 3. The molecule has 34 heavy (non-hydrogen) atoms. The second-order valence-electron chi connectivity index (χ2n) is 8.44. The van der Waals surface area contributed by atoms with Crippen molar-refractivity contribution in [1.29, 1.82) is 0 Å². The van der Waals surface area contributed by atoms with Gasteiger partial charge in [0.1, 0.15) is 6.54 Å². The van der Waals surface area contributed by atoms with E-state index in [4.69, 9.17) is 23.2 Å². The van der Waals surface area contributed by atoms with Crippen LogP contribution in [0.4, 0.5) is 0 Å². The molecule has 1 N–H and O–H groups in total. The van der Waals surface area contributed by atoms with Gasteiger partial charge in [0, 0.05) is 27.4 Å². The van der Waals surface area contributed by atoms with Crippen molar-refractivity contribution in [3.05, 3.63) is 110 Å². The summed E-state index contributed by atoms with van der Waals surface area (Å²) in [4.78, 5) is 25.8. The molecule has 0 radical (unpaired) electrons. The molecule has 1 aromatic heterocycles. The van der Waals surface area contributed by atoms with E-state index in [0.29, 0.717) is 27.5 Å². The van der Waals surface area contributed by atoms with Gasteiger partial charge in [0.05, 0.1) is 11.1 Å². The van der Waals surface area contributed by atoms with E-state index in [-0.39, 0.29) is 30.0 Å². The van der Waals surface area contributed by atoms with Crippen LogP contribution < -0.4 is 10.9 Å². The maximum absolute atomic E-state index is 13.0. The third kappa shape index (κ3) is 5.49. The Hall–Kier alpha value is -3.15. The fourth-order valence-corrected chi connectivity index (χ4v) is 4.47. The van der Waals surface area contributed by atoms with Crippen LogP contribution in [-0.4, -0.2) is 21.7 Å². The molecule has 0 bridgehead atoms. The van der Waals surface area contributed by atoms with Crippen molar-refractivity contribution in [2.45, 2.75) is 38.8 Å². The summed E-state index contributed by atoms with van der Waals surface area (Å²) in [6.07, 6.45) is 0.702. The van der Waals surface area contributed by atoms with Crippen LogP contribution in [0.5, 0.6) is 0 Å². The highest BCUT2D eigenvalue weighted by Gasteiger charge is 2.22. The molecule has 2 atom stereocenters. The maximum Gasteiger partial charge on any atom is 0.275 e. The predicted molar refractivity (Wildman–Crippen MR) is 138 cm³/mol. The van der Waals surface area contributed by atoms with Gasteiger partial charge < -0.3 is 5.32 Å². The Bertz CT molecular complexity index is 1370. The number of aromatic nitrogens is 2. The average Bonchev–Trinajstić information content (AvgIpc) is 2.82. The summed E-state index contributed by atoms with van der Waals surface area (Å²) in [5.74, 6) is -0.280. The van der Waals surface area contributed by atoms with Gasteiger partial charge in [-0.2, -0.15) is 5.10 Å². The first-order chi connectivity index (χ1) is 16.3.